The molecule has 7 heteroatoms. The van der Waals surface area contributed by atoms with Crippen molar-refractivity contribution in [3.63, 3.8) is 0 Å². The zero-order valence-electron chi connectivity index (χ0n) is 9.87. The van der Waals surface area contributed by atoms with E-state index in [1.165, 1.54) is 0 Å². The molecule has 0 radical (unpaired) electrons. The Labute approximate surface area is 98.8 Å². The van der Waals surface area contributed by atoms with Crippen LogP contribution in [0.5, 0.6) is 0 Å². The average Bonchev–Trinajstić information content (AvgIpc) is 2.27. The van der Waals surface area contributed by atoms with Crippen molar-refractivity contribution < 1.29 is 14.4 Å². The second-order valence-corrected chi connectivity index (χ2v) is 4.52. The number of carbonyl (C=O) groups is 3. The van der Waals surface area contributed by atoms with E-state index in [1.807, 2.05) is 0 Å². The molecule has 0 aromatic carbocycles. The molecule has 0 saturated heterocycles. The molecule has 17 heavy (non-hydrogen) atoms. The molecule has 94 valence electrons. The summed E-state index contributed by atoms with van der Waals surface area (Å²) < 4.78 is 0. The van der Waals surface area contributed by atoms with Crippen molar-refractivity contribution in [3.8, 4) is 0 Å². The van der Waals surface area contributed by atoms with Crippen LogP contribution >= 0.6 is 0 Å². The summed E-state index contributed by atoms with van der Waals surface area (Å²) in [5.41, 5.74) is 6.85. The number of hydrogen-bond acceptors (Lipinski definition) is 4. The Kier molecular flexibility index (Phi) is 3.82. The highest BCUT2D eigenvalue weighted by molar-refractivity contribution is 6.39. The molecule has 0 aromatic rings. The third kappa shape index (κ3) is 3.54. The van der Waals surface area contributed by atoms with E-state index in [-0.39, 0.29) is 30.5 Å². The highest BCUT2D eigenvalue weighted by atomic mass is 16.2. The van der Waals surface area contributed by atoms with Gasteiger partial charge in [0.25, 0.3) is 5.91 Å². The summed E-state index contributed by atoms with van der Waals surface area (Å²) in [6, 6.07) is 0. The van der Waals surface area contributed by atoms with Crippen molar-refractivity contribution in [3.05, 3.63) is 0 Å². The maximum absolute atomic E-state index is 11.6. The monoisotopic (exact) mass is 240 g/mol. The summed E-state index contributed by atoms with van der Waals surface area (Å²) in [6.07, 6.45) is 0.542. The fourth-order valence-electron chi connectivity index (χ4n) is 1.13. The van der Waals surface area contributed by atoms with Crippen LogP contribution in [0, 0.1) is 5.41 Å². The minimum atomic E-state index is -0.811. The van der Waals surface area contributed by atoms with Gasteiger partial charge in [-0.3, -0.25) is 14.4 Å². The molecule has 3 amide bonds. The van der Waals surface area contributed by atoms with Gasteiger partial charge in [0, 0.05) is 19.4 Å². The van der Waals surface area contributed by atoms with Gasteiger partial charge in [-0.25, -0.2) is 5.43 Å². The third-order valence-electron chi connectivity index (χ3n) is 2.52. The largest absolute Gasteiger partial charge is 0.369 e. The van der Waals surface area contributed by atoms with Crippen LogP contribution in [0.4, 0.5) is 0 Å². The third-order valence-corrected chi connectivity index (χ3v) is 2.52. The van der Waals surface area contributed by atoms with Gasteiger partial charge in [0.05, 0.1) is 5.41 Å². The molecule has 1 aliphatic heterocycles. The van der Waals surface area contributed by atoms with Crippen molar-refractivity contribution in [2.75, 3.05) is 6.54 Å². The topological polar surface area (TPSA) is 114 Å². The summed E-state index contributed by atoms with van der Waals surface area (Å²) >= 11 is 0. The first-order chi connectivity index (χ1) is 7.83. The molecule has 1 aliphatic rings. The van der Waals surface area contributed by atoms with E-state index >= 15 is 0 Å². The number of nitrogens with two attached hydrogens (primary N) is 1. The van der Waals surface area contributed by atoms with Gasteiger partial charge in [-0.15, -0.1) is 0 Å². The fourth-order valence-corrected chi connectivity index (χ4v) is 1.13. The van der Waals surface area contributed by atoms with Crippen molar-refractivity contribution in [2.45, 2.75) is 26.7 Å². The Morgan fingerprint density at radius 1 is 1.47 bits per heavy atom. The van der Waals surface area contributed by atoms with Gasteiger partial charge in [-0.05, 0) is 13.8 Å². The van der Waals surface area contributed by atoms with E-state index in [9.17, 15) is 14.4 Å². The summed E-state index contributed by atoms with van der Waals surface area (Å²) in [5.74, 6) is -1.09. The summed E-state index contributed by atoms with van der Waals surface area (Å²) in [5, 5.41) is 6.21. The molecule has 4 N–H and O–H groups in total. The normalized spacial score (nSPS) is 15.9. The van der Waals surface area contributed by atoms with Crippen molar-refractivity contribution in [2.24, 2.45) is 16.3 Å². The number of nitrogens with one attached hydrogen (secondary N) is 2. The number of primary amides is 1. The molecule has 0 aromatic heterocycles. The molecular weight excluding hydrogens is 224 g/mol. The molecule has 0 unspecified atom stereocenters. The predicted molar refractivity (Wildman–Crippen MR) is 60.8 cm³/mol. The van der Waals surface area contributed by atoms with Crippen LogP contribution in [0.15, 0.2) is 5.10 Å². The van der Waals surface area contributed by atoms with Crippen LogP contribution in [-0.2, 0) is 14.4 Å². The average molecular weight is 240 g/mol. The smallest absolute Gasteiger partial charge is 0.267 e. The first-order valence-corrected chi connectivity index (χ1v) is 5.26. The van der Waals surface area contributed by atoms with Crippen LogP contribution in [0.3, 0.4) is 0 Å². The van der Waals surface area contributed by atoms with Gasteiger partial charge < -0.3 is 11.1 Å². The van der Waals surface area contributed by atoms with Gasteiger partial charge in [0.15, 0.2) is 0 Å². The Morgan fingerprint density at radius 2 is 2.12 bits per heavy atom. The summed E-state index contributed by atoms with van der Waals surface area (Å²) in [6.45, 7) is 3.41. The molecule has 7 nitrogen and oxygen atoms in total. The van der Waals surface area contributed by atoms with E-state index in [2.05, 4.69) is 15.8 Å². The summed E-state index contributed by atoms with van der Waals surface area (Å²) in [7, 11) is 0. The van der Waals surface area contributed by atoms with Crippen LogP contribution < -0.4 is 16.5 Å². The van der Waals surface area contributed by atoms with Gasteiger partial charge in [-0.1, -0.05) is 0 Å². The number of nitrogens with zero attached hydrogens (tertiary/aromatic N) is 1. The summed E-state index contributed by atoms with van der Waals surface area (Å²) in [4.78, 5) is 33.5. The lowest BCUT2D eigenvalue weighted by Gasteiger charge is -2.21. The van der Waals surface area contributed by atoms with Gasteiger partial charge in [0.1, 0.15) is 5.71 Å². The van der Waals surface area contributed by atoms with Crippen molar-refractivity contribution in [1.82, 2.24) is 10.7 Å². The van der Waals surface area contributed by atoms with E-state index in [0.717, 1.165) is 0 Å². The van der Waals surface area contributed by atoms with Crippen LogP contribution in [0.1, 0.15) is 26.7 Å². The fraction of sp³-hybridized carbons (Fsp3) is 0.600. The standard InChI is InChI=1S/C10H16N4O3/c1-10(2,9(11)17)5-12-8(16)6-3-4-7(15)14-13-6/h3-5H2,1-2H3,(H2,11,17)(H,12,16)(H,14,15). The maximum Gasteiger partial charge on any atom is 0.267 e. The number of rotatable bonds is 4. The molecule has 1 rings (SSSR count). The zero-order chi connectivity index (χ0) is 13.1. The molecule has 0 saturated carbocycles. The molecule has 0 spiro atoms. The predicted octanol–water partition coefficient (Wildman–Crippen LogP) is -1.12. The van der Waals surface area contributed by atoms with E-state index in [0.29, 0.717) is 6.42 Å². The molecular formula is C10H16N4O3. The minimum Gasteiger partial charge on any atom is -0.369 e. The number of carbonyl (C=O) groups excluding carboxylic acids is 3. The molecule has 1 heterocycles. The van der Waals surface area contributed by atoms with Crippen molar-refractivity contribution in [1.29, 1.82) is 0 Å². The van der Waals surface area contributed by atoms with Crippen molar-refractivity contribution >= 4 is 23.4 Å². The quantitative estimate of drug-likeness (QED) is 0.578. The van der Waals surface area contributed by atoms with E-state index in [4.69, 9.17) is 5.73 Å². The first-order valence-electron chi connectivity index (χ1n) is 5.26. The lowest BCUT2D eigenvalue weighted by atomic mass is 9.92. The lowest BCUT2D eigenvalue weighted by Crippen LogP contribution is -2.45. The highest BCUT2D eigenvalue weighted by Crippen LogP contribution is 2.12. The first kappa shape index (κ1) is 13.1. The molecule has 0 bridgehead atoms. The Bertz CT molecular complexity index is 387. The highest BCUT2D eigenvalue weighted by Gasteiger charge is 2.27. The van der Waals surface area contributed by atoms with E-state index in [1.54, 1.807) is 13.8 Å². The Balaban J connectivity index is 2.51. The minimum absolute atomic E-state index is 0.133. The Morgan fingerprint density at radius 3 is 2.59 bits per heavy atom. The van der Waals surface area contributed by atoms with Gasteiger partial charge >= 0.3 is 0 Å². The van der Waals surface area contributed by atoms with Crippen LogP contribution in [-0.4, -0.2) is 30.0 Å². The molecule has 0 aliphatic carbocycles. The van der Waals surface area contributed by atoms with Gasteiger partial charge in [-0.2, -0.15) is 5.10 Å². The second kappa shape index (κ2) is 4.94. The zero-order valence-corrected chi connectivity index (χ0v) is 9.87. The number of amides is 3. The lowest BCUT2D eigenvalue weighted by molar-refractivity contribution is -0.126. The maximum atomic E-state index is 11.6. The van der Waals surface area contributed by atoms with E-state index < -0.39 is 11.3 Å². The van der Waals surface area contributed by atoms with Crippen LogP contribution in [0.2, 0.25) is 0 Å². The second-order valence-electron chi connectivity index (χ2n) is 4.52. The molecule has 0 atom stereocenters. The van der Waals surface area contributed by atoms with Gasteiger partial charge in [0.2, 0.25) is 11.8 Å². The Hall–Kier alpha value is -1.92. The molecule has 0 fully saturated rings. The SMILES string of the molecule is CC(C)(CNC(=O)C1=NNC(=O)CC1)C(N)=O. The number of hydrazone groups is 1. The van der Waals surface area contributed by atoms with Crippen LogP contribution in [0.25, 0.3) is 0 Å². The number of hydrogen-bond donors (Lipinski definition) is 3.